The summed E-state index contributed by atoms with van der Waals surface area (Å²) in [6.45, 7) is 1.26. The molecule has 0 N–H and O–H groups in total. The van der Waals surface area contributed by atoms with Crippen LogP contribution in [0.4, 0.5) is 4.39 Å². The lowest BCUT2D eigenvalue weighted by atomic mass is 9.97. The molecule has 3 heterocycles. The Labute approximate surface area is 198 Å². The number of pyridine rings is 1. The van der Waals surface area contributed by atoms with E-state index in [1.54, 1.807) is 24.7 Å². The number of oxazole rings is 1. The minimum atomic E-state index is -0.268. The first-order valence-electron chi connectivity index (χ1n) is 11.6. The second kappa shape index (κ2) is 10.00. The molecule has 5 nitrogen and oxygen atoms in total. The lowest BCUT2D eigenvalue weighted by molar-refractivity contribution is 0.0697. The summed E-state index contributed by atoms with van der Waals surface area (Å²) in [6.07, 6.45) is 8.17. The first kappa shape index (κ1) is 22.0. The van der Waals surface area contributed by atoms with Crippen LogP contribution in [-0.4, -0.2) is 33.9 Å². The number of hydrogen-bond acceptors (Lipinski definition) is 4. The largest absolute Gasteiger partial charge is 0.445 e. The predicted octanol–water partition coefficient (Wildman–Crippen LogP) is 5.41. The molecule has 0 bridgehead atoms. The Kier molecular flexibility index (Phi) is 6.47. The van der Waals surface area contributed by atoms with Crippen LogP contribution in [0.3, 0.4) is 0 Å². The van der Waals surface area contributed by atoms with E-state index >= 15 is 0 Å². The highest BCUT2D eigenvalue weighted by atomic mass is 19.1. The van der Waals surface area contributed by atoms with Crippen molar-refractivity contribution in [3.05, 3.63) is 119 Å². The van der Waals surface area contributed by atoms with Crippen LogP contribution < -0.4 is 0 Å². The fraction of sp³-hybridized carbons (Fsp3) is 0.250. The van der Waals surface area contributed by atoms with Crippen LogP contribution >= 0.6 is 0 Å². The summed E-state index contributed by atoms with van der Waals surface area (Å²) in [5.74, 6) is 1.29. The molecule has 1 saturated heterocycles. The molecule has 0 aliphatic carbocycles. The molecule has 1 aliphatic rings. The van der Waals surface area contributed by atoms with Gasteiger partial charge in [-0.3, -0.25) is 9.78 Å². The van der Waals surface area contributed by atoms with Gasteiger partial charge in [0.2, 0.25) is 0 Å². The second-order valence-corrected chi connectivity index (χ2v) is 8.81. The molecule has 1 aliphatic heterocycles. The molecule has 172 valence electrons. The van der Waals surface area contributed by atoms with Crippen molar-refractivity contribution in [2.24, 2.45) is 0 Å². The number of amides is 1. The molecule has 1 unspecified atom stereocenters. The molecule has 1 amide bonds. The summed E-state index contributed by atoms with van der Waals surface area (Å²) in [7, 11) is 0. The summed E-state index contributed by atoms with van der Waals surface area (Å²) < 4.78 is 19.6. The van der Waals surface area contributed by atoms with Gasteiger partial charge < -0.3 is 9.32 Å². The minimum absolute atomic E-state index is 0.0469. The number of halogens is 1. The van der Waals surface area contributed by atoms with Crippen molar-refractivity contribution < 1.29 is 13.6 Å². The summed E-state index contributed by atoms with van der Waals surface area (Å²) in [4.78, 5) is 23.9. The maximum atomic E-state index is 13.5. The Morgan fingerprint density at radius 1 is 0.971 bits per heavy atom. The first-order valence-corrected chi connectivity index (χ1v) is 11.6. The average Bonchev–Trinajstić information content (AvgIpc) is 3.33. The number of carbonyl (C=O) groups is 1. The van der Waals surface area contributed by atoms with Crippen LogP contribution in [0.5, 0.6) is 0 Å². The zero-order chi connectivity index (χ0) is 23.3. The molecule has 34 heavy (non-hydrogen) atoms. The Morgan fingerprint density at radius 3 is 2.68 bits per heavy atom. The van der Waals surface area contributed by atoms with E-state index in [9.17, 15) is 9.18 Å². The molecule has 2 aromatic carbocycles. The number of carbonyl (C=O) groups excluding carboxylic acids is 1. The number of rotatable bonds is 6. The lowest BCUT2D eigenvalue weighted by Crippen LogP contribution is -2.39. The van der Waals surface area contributed by atoms with E-state index in [2.05, 4.69) is 22.1 Å². The number of likely N-dealkylation sites (tertiary alicyclic amines) is 1. The van der Waals surface area contributed by atoms with Gasteiger partial charge in [-0.2, -0.15) is 0 Å². The Hall–Kier alpha value is -3.80. The van der Waals surface area contributed by atoms with Crippen molar-refractivity contribution in [2.45, 2.75) is 31.6 Å². The number of benzene rings is 2. The van der Waals surface area contributed by atoms with Gasteiger partial charge in [0.15, 0.2) is 5.89 Å². The number of hydrogen-bond donors (Lipinski definition) is 0. The predicted molar refractivity (Wildman–Crippen MR) is 127 cm³/mol. The number of piperidine rings is 1. The Bertz CT molecular complexity index is 1270. The smallest absolute Gasteiger partial charge is 0.255 e. The van der Waals surface area contributed by atoms with Crippen molar-refractivity contribution in [1.82, 2.24) is 14.9 Å². The Morgan fingerprint density at radius 2 is 1.82 bits per heavy atom. The number of aromatic nitrogens is 2. The molecular formula is C28H26FN3O2. The fourth-order valence-electron chi connectivity index (χ4n) is 4.52. The maximum absolute atomic E-state index is 13.5. The summed E-state index contributed by atoms with van der Waals surface area (Å²) >= 11 is 0. The standard InChI is InChI=1S/C28H26FN3O2/c29-25-10-4-8-21(14-25)12-22-13-24(17-30-16-22)28(33)32-11-5-9-23(19-32)27-31-18-26(34-27)15-20-6-2-1-3-7-20/h1-4,6-8,10,13-14,16-18,23H,5,9,11-12,15,19H2. The molecule has 0 saturated carbocycles. The van der Waals surface area contributed by atoms with Crippen LogP contribution in [-0.2, 0) is 12.8 Å². The van der Waals surface area contributed by atoms with E-state index in [1.165, 1.54) is 17.7 Å². The van der Waals surface area contributed by atoms with Crippen LogP contribution in [0.25, 0.3) is 0 Å². The third-order valence-electron chi connectivity index (χ3n) is 6.19. The third kappa shape index (κ3) is 5.22. The van der Waals surface area contributed by atoms with Crippen LogP contribution in [0, 0.1) is 5.82 Å². The molecular weight excluding hydrogens is 429 g/mol. The van der Waals surface area contributed by atoms with E-state index in [-0.39, 0.29) is 17.6 Å². The van der Waals surface area contributed by atoms with Crippen molar-refractivity contribution in [1.29, 1.82) is 0 Å². The molecule has 0 radical (unpaired) electrons. The van der Waals surface area contributed by atoms with Crippen molar-refractivity contribution in [2.75, 3.05) is 13.1 Å². The van der Waals surface area contributed by atoms with Gasteiger partial charge >= 0.3 is 0 Å². The molecule has 4 aromatic rings. The zero-order valence-corrected chi connectivity index (χ0v) is 18.9. The highest BCUT2D eigenvalue weighted by molar-refractivity contribution is 5.94. The van der Waals surface area contributed by atoms with Gasteiger partial charge in [-0.1, -0.05) is 42.5 Å². The minimum Gasteiger partial charge on any atom is -0.445 e. The lowest BCUT2D eigenvalue weighted by Gasteiger charge is -2.31. The van der Waals surface area contributed by atoms with Gasteiger partial charge in [-0.15, -0.1) is 0 Å². The topological polar surface area (TPSA) is 59.2 Å². The van der Waals surface area contributed by atoms with Gasteiger partial charge in [0.05, 0.1) is 17.7 Å². The van der Waals surface area contributed by atoms with Crippen LogP contribution in [0.2, 0.25) is 0 Å². The molecule has 1 atom stereocenters. The molecule has 5 rings (SSSR count). The molecule has 1 fully saturated rings. The monoisotopic (exact) mass is 455 g/mol. The van der Waals surface area contributed by atoms with E-state index < -0.39 is 0 Å². The first-order chi connectivity index (χ1) is 16.6. The van der Waals surface area contributed by atoms with E-state index in [0.29, 0.717) is 37.4 Å². The van der Waals surface area contributed by atoms with Gasteiger partial charge in [0, 0.05) is 31.9 Å². The van der Waals surface area contributed by atoms with E-state index in [4.69, 9.17) is 4.42 Å². The van der Waals surface area contributed by atoms with Gasteiger partial charge in [-0.25, -0.2) is 9.37 Å². The highest BCUT2D eigenvalue weighted by Crippen LogP contribution is 2.28. The Balaban J connectivity index is 1.25. The maximum Gasteiger partial charge on any atom is 0.255 e. The van der Waals surface area contributed by atoms with Crippen molar-refractivity contribution >= 4 is 5.91 Å². The summed E-state index contributed by atoms with van der Waals surface area (Å²) in [5.41, 5.74) is 3.45. The molecule has 0 spiro atoms. The normalized spacial score (nSPS) is 15.9. The highest BCUT2D eigenvalue weighted by Gasteiger charge is 2.28. The zero-order valence-electron chi connectivity index (χ0n) is 18.9. The third-order valence-corrected chi connectivity index (χ3v) is 6.19. The van der Waals surface area contributed by atoms with Crippen molar-refractivity contribution in [3.63, 3.8) is 0 Å². The van der Waals surface area contributed by atoms with Crippen LogP contribution in [0.1, 0.15) is 57.5 Å². The van der Waals surface area contributed by atoms with Gasteiger partial charge in [-0.05, 0) is 54.2 Å². The fourth-order valence-corrected chi connectivity index (χ4v) is 4.52. The quantitative estimate of drug-likeness (QED) is 0.390. The second-order valence-electron chi connectivity index (χ2n) is 8.81. The van der Waals surface area contributed by atoms with E-state index in [0.717, 1.165) is 29.7 Å². The average molecular weight is 456 g/mol. The van der Waals surface area contributed by atoms with Gasteiger partial charge in [0.25, 0.3) is 5.91 Å². The SMILES string of the molecule is O=C(c1cncc(Cc2cccc(F)c2)c1)N1CCCC(c2ncc(Cc3ccccc3)o2)C1. The van der Waals surface area contributed by atoms with Crippen LogP contribution in [0.15, 0.2) is 83.7 Å². The number of nitrogens with zero attached hydrogens (tertiary/aromatic N) is 3. The molecule has 2 aromatic heterocycles. The van der Waals surface area contributed by atoms with E-state index in [1.807, 2.05) is 35.2 Å². The summed E-state index contributed by atoms with van der Waals surface area (Å²) in [6, 6.07) is 18.5. The van der Waals surface area contributed by atoms with Gasteiger partial charge in [0.1, 0.15) is 11.6 Å². The van der Waals surface area contributed by atoms with Crippen molar-refractivity contribution in [3.8, 4) is 0 Å². The summed E-state index contributed by atoms with van der Waals surface area (Å²) in [5, 5.41) is 0. The molecule has 6 heteroatoms.